The summed E-state index contributed by atoms with van der Waals surface area (Å²) in [7, 11) is 0. The van der Waals surface area contributed by atoms with Gasteiger partial charge >= 0.3 is 0 Å². The zero-order valence-electron chi connectivity index (χ0n) is 11.1. The van der Waals surface area contributed by atoms with E-state index in [1.807, 2.05) is 24.3 Å². The minimum Gasteiger partial charge on any atom is -0.398 e. The van der Waals surface area contributed by atoms with Gasteiger partial charge in [0.05, 0.1) is 4.47 Å². The molecule has 0 fully saturated rings. The van der Waals surface area contributed by atoms with Crippen molar-refractivity contribution in [1.29, 1.82) is 0 Å². The third kappa shape index (κ3) is 2.72. The molecule has 0 aliphatic carbocycles. The standard InChI is InChI=1S/C16H16BrFN2/c17-14-8-11(4-5-15(14)18)9-20-7-6-13-12(10-20)2-1-3-16(13)19/h1-5,8H,6-7,9-10,19H2. The van der Waals surface area contributed by atoms with E-state index >= 15 is 0 Å². The van der Waals surface area contributed by atoms with Crippen LogP contribution in [0.15, 0.2) is 40.9 Å². The van der Waals surface area contributed by atoms with Crippen LogP contribution in [0.1, 0.15) is 16.7 Å². The second-order valence-corrected chi connectivity index (χ2v) is 6.05. The number of fused-ring (bicyclic) bond motifs is 1. The van der Waals surface area contributed by atoms with Gasteiger partial charge in [-0.1, -0.05) is 18.2 Å². The lowest BCUT2D eigenvalue weighted by molar-refractivity contribution is 0.246. The first-order valence-corrected chi connectivity index (χ1v) is 7.45. The van der Waals surface area contributed by atoms with Crippen molar-refractivity contribution in [3.05, 3.63) is 63.4 Å². The lowest BCUT2D eigenvalue weighted by atomic mass is 9.97. The van der Waals surface area contributed by atoms with Crippen molar-refractivity contribution < 1.29 is 4.39 Å². The molecule has 0 radical (unpaired) electrons. The van der Waals surface area contributed by atoms with Crippen LogP contribution in [0.5, 0.6) is 0 Å². The van der Waals surface area contributed by atoms with Crippen molar-refractivity contribution >= 4 is 21.6 Å². The smallest absolute Gasteiger partial charge is 0.137 e. The molecule has 1 aliphatic rings. The van der Waals surface area contributed by atoms with Gasteiger partial charge in [-0.3, -0.25) is 4.90 Å². The molecule has 104 valence electrons. The number of hydrogen-bond donors (Lipinski definition) is 1. The van der Waals surface area contributed by atoms with Crippen molar-refractivity contribution in [2.75, 3.05) is 12.3 Å². The summed E-state index contributed by atoms with van der Waals surface area (Å²) in [6.45, 7) is 2.71. The lowest BCUT2D eigenvalue weighted by Crippen LogP contribution is -2.30. The Balaban J connectivity index is 1.76. The van der Waals surface area contributed by atoms with Crippen molar-refractivity contribution in [1.82, 2.24) is 4.90 Å². The Morgan fingerprint density at radius 1 is 1.25 bits per heavy atom. The summed E-state index contributed by atoms with van der Waals surface area (Å²) in [6.07, 6.45) is 0.977. The van der Waals surface area contributed by atoms with E-state index in [-0.39, 0.29) is 5.82 Å². The van der Waals surface area contributed by atoms with E-state index in [0.29, 0.717) is 4.47 Å². The molecule has 0 bridgehead atoms. The minimum atomic E-state index is -0.217. The van der Waals surface area contributed by atoms with Crippen LogP contribution in [0.4, 0.5) is 10.1 Å². The quantitative estimate of drug-likeness (QED) is 0.848. The molecule has 4 heteroatoms. The Labute approximate surface area is 126 Å². The van der Waals surface area contributed by atoms with E-state index in [2.05, 4.69) is 26.9 Å². The largest absolute Gasteiger partial charge is 0.398 e. The third-order valence-corrected chi connectivity index (χ3v) is 4.38. The maximum atomic E-state index is 13.2. The van der Waals surface area contributed by atoms with Crippen LogP contribution < -0.4 is 5.73 Å². The summed E-state index contributed by atoms with van der Waals surface area (Å²) in [6, 6.07) is 11.3. The molecule has 0 spiro atoms. The van der Waals surface area contributed by atoms with Crippen molar-refractivity contribution in [2.24, 2.45) is 0 Å². The number of hydrogen-bond acceptors (Lipinski definition) is 2. The van der Waals surface area contributed by atoms with Crippen LogP contribution >= 0.6 is 15.9 Å². The summed E-state index contributed by atoms with van der Waals surface area (Å²) in [5.74, 6) is -0.217. The fourth-order valence-electron chi connectivity index (χ4n) is 2.73. The van der Waals surface area contributed by atoms with Crippen molar-refractivity contribution in [3.8, 4) is 0 Å². The predicted molar refractivity (Wildman–Crippen MR) is 82.8 cm³/mol. The number of nitrogens with two attached hydrogens (primary N) is 1. The van der Waals surface area contributed by atoms with E-state index in [1.54, 1.807) is 0 Å². The Morgan fingerprint density at radius 2 is 2.10 bits per heavy atom. The first kappa shape index (κ1) is 13.6. The summed E-state index contributed by atoms with van der Waals surface area (Å²) < 4.78 is 13.8. The fraction of sp³-hybridized carbons (Fsp3) is 0.250. The molecule has 0 saturated carbocycles. The van der Waals surface area contributed by atoms with Gasteiger partial charge < -0.3 is 5.73 Å². The molecule has 20 heavy (non-hydrogen) atoms. The SMILES string of the molecule is Nc1cccc2c1CCN(Cc1ccc(F)c(Br)c1)C2. The third-order valence-electron chi connectivity index (χ3n) is 3.77. The molecule has 0 atom stereocenters. The van der Waals surface area contributed by atoms with Gasteiger partial charge in [-0.05, 0) is 57.2 Å². The highest BCUT2D eigenvalue weighted by Crippen LogP contribution is 2.25. The second kappa shape index (κ2) is 5.54. The molecule has 2 N–H and O–H groups in total. The monoisotopic (exact) mass is 334 g/mol. The molecule has 2 nitrogen and oxygen atoms in total. The zero-order valence-corrected chi connectivity index (χ0v) is 12.7. The van der Waals surface area contributed by atoms with Crippen LogP contribution in [0.2, 0.25) is 0 Å². The van der Waals surface area contributed by atoms with E-state index < -0.39 is 0 Å². The van der Waals surface area contributed by atoms with Gasteiger partial charge in [0.15, 0.2) is 0 Å². The first-order valence-electron chi connectivity index (χ1n) is 6.66. The average molecular weight is 335 g/mol. The van der Waals surface area contributed by atoms with E-state index in [9.17, 15) is 4.39 Å². The highest BCUT2D eigenvalue weighted by Gasteiger charge is 2.18. The number of anilines is 1. The summed E-state index contributed by atoms with van der Waals surface area (Å²) in [5.41, 5.74) is 10.6. The Kier molecular flexibility index (Phi) is 3.76. The fourth-order valence-corrected chi connectivity index (χ4v) is 3.15. The van der Waals surface area contributed by atoms with Crippen LogP contribution in [0.3, 0.4) is 0 Å². The molecular weight excluding hydrogens is 319 g/mol. The molecule has 1 heterocycles. The number of nitrogens with zero attached hydrogens (tertiary/aromatic N) is 1. The zero-order chi connectivity index (χ0) is 14.1. The number of rotatable bonds is 2. The Hall–Kier alpha value is -1.39. The molecule has 1 aliphatic heterocycles. The van der Waals surface area contributed by atoms with Gasteiger partial charge in [-0.25, -0.2) is 4.39 Å². The number of nitrogen functional groups attached to an aromatic ring is 1. The van der Waals surface area contributed by atoms with Gasteiger partial charge in [-0.15, -0.1) is 0 Å². The Morgan fingerprint density at radius 3 is 2.90 bits per heavy atom. The predicted octanol–water partition coefficient (Wildman–Crippen LogP) is 3.73. The average Bonchev–Trinajstić information content (AvgIpc) is 2.43. The minimum absolute atomic E-state index is 0.217. The first-order chi connectivity index (χ1) is 9.63. The van der Waals surface area contributed by atoms with Gasteiger partial charge in [0, 0.05) is 25.3 Å². The van der Waals surface area contributed by atoms with Gasteiger partial charge in [0.1, 0.15) is 5.82 Å². The Bertz CT molecular complexity index is 642. The second-order valence-electron chi connectivity index (χ2n) is 5.19. The van der Waals surface area contributed by atoms with E-state index in [4.69, 9.17) is 5.73 Å². The molecule has 2 aromatic carbocycles. The molecule has 0 unspecified atom stereocenters. The molecule has 3 rings (SSSR count). The molecule has 0 saturated heterocycles. The molecule has 2 aromatic rings. The van der Waals surface area contributed by atoms with E-state index in [1.165, 1.54) is 17.2 Å². The molecule has 0 aromatic heterocycles. The van der Waals surface area contributed by atoms with Crippen LogP contribution in [-0.4, -0.2) is 11.4 Å². The van der Waals surface area contributed by atoms with Crippen molar-refractivity contribution in [3.63, 3.8) is 0 Å². The summed E-state index contributed by atoms with van der Waals surface area (Å²) >= 11 is 3.24. The van der Waals surface area contributed by atoms with Gasteiger partial charge in [0.25, 0.3) is 0 Å². The maximum absolute atomic E-state index is 13.2. The van der Waals surface area contributed by atoms with Gasteiger partial charge in [-0.2, -0.15) is 0 Å². The highest BCUT2D eigenvalue weighted by molar-refractivity contribution is 9.10. The molecular formula is C16H16BrFN2. The number of benzene rings is 2. The maximum Gasteiger partial charge on any atom is 0.137 e. The lowest BCUT2D eigenvalue weighted by Gasteiger charge is -2.29. The normalized spacial score (nSPS) is 15.1. The number of halogens is 2. The topological polar surface area (TPSA) is 29.3 Å². The van der Waals surface area contributed by atoms with Crippen LogP contribution in [0, 0.1) is 5.82 Å². The summed E-state index contributed by atoms with van der Waals surface area (Å²) in [5, 5.41) is 0. The van der Waals surface area contributed by atoms with Crippen LogP contribution in [-0.2, 0) is 19.5 Å². The molecule has 0 amide bonds. The van der Waals surface area contributed by atoms with Crippen molar-refractivity contribution in [2.45, 2.75) is 19.5 Å². The van der Waals surface area contributed by atoms with E-state index in [0.717, 1.165) is 37.3 Å². The van der Waals surface area contributed by atoms with Gasteiger partial charge in [0.2, 0.25) is 0 Å². The highest BCUT2D eigenvalue weighted by atomic mass is 79.9. The van der Waals surface area contributed by atoms with Crippen LogP contribution in [0.25, 0.3) is 0 Å². The summed E-state index contributed by atoms with van der Waals surface area (Å²) in [4.78, 5) is 2.36.